The lowest BCUT2D eigenvalue weighted by Crippen LogP contribution is -2.47. The van der Waals surface area contributed by atoms with Crippen LogP contribution >= 0.6 is 23.2 Å². The molecule has 0 bridgehead atoms. The summed E-state index contributed by atoms with van der Waals surface area (Å²) in [6, 6.07) is 9.87. The molecule has 35 heavy (non-hydrogen) atoms. The number of benzene rings is 2. The molecule has 11 heteroatoms. The Morgan fingerprint density at radius 2 is 1.66 bits per heavy atom. The lowest BCUT2D eigenvalue weighted by atomic mass is 10.1. The zero-order valence-corrected chi connectivity index (χ0v) is 20.3. The van der Waals surface area contributed by atoms with E-state index in [9.17, 15) is 0 Å². The van der Waals surface area contributed by atoms with Crippen molar-refractivity contribution in [2.24, 2.45) is 0 Å². The Labute approximate surface area is 211 Å². The number of hydrogen-bond donors (Lipinski definition) is 3. The summed E-state index contributed by atoms with van der Waals surface area (Å²) in [6.45, 7) is 6.10. The number of anilines is 1. The van der Waals surface area contributed by atoms with Crippen LogP contribution in [0.5, 0.6) is 11.5 Å². The second kappa shape index (κ2) is 11.1. The molecule has 0 amide bonds. The van der Waals surface area contributed by atoms with Gasteiger partial charge in [-0.05, 0) is 30.2 Å². The fourth-order valence-corrected chi connectivity index (χ4v) is 4.57. The molecule has 0 spiro atoms. The van der Waals surface area contributed by atoms with Crippen LogP contribution in [0.3, 0.4) is 0 Å². The van der Waals surface area contributed by atoms with Crippen molar-refractivity contribution in [2.75, 3.05) is 50.8 Å². The zero-order valence-electron chi connectivity index (χ0n) is 18.8. The van der Waals surface area contributed by atoms with Crippen LogP contribution in [0.4, 0.5) is 5.69 Å². The van der Waals surface area contributed by atoms with E-state index in [2.05, 4.69) is 27.0 Å². The Morgan fingerprint density at radius 3 is 2.37 bits per heavy atom. The molecule has 2 aliphatic rings. The molecule has 1 saturated heterocycles. The van der Waals surface area contributed by atoms with E-state index in [0.29, 0.717) is 18.2 Å². The van der Waals surface area contributed by atoms with Crippen molar-refractivity contribution in [1.29, 1.82) is 0 Å². The first-order valence-corrected chi connectivity index (χ1v) is 11.9. The van der Waals surface area contributed by atoms with E-state index in [4.69, 9.17) is 52.5 Å². The van der Waals surface area contributed by atoms with Crippen molar-refractivity contribution in [3.63, 3.8) is 0 Å². The molecule has 5 rings (SSSR count). The maximum Gasteiger partial charge on any atom is 0.414 e. The molecule has 9 nitrogen and oxygen atoms in total. The highest BCUT2D eigenvalue weighted by Gasteiger charge is 2.24. The maximum absolute atomic E-state index is 9.10. The molecule has 0 atom stereocenters. The van der Waals surface area contributed by atoms with Crippen LogP contribution in [0.15, 0.2) is 36.5 Å². The quantitative estimate of drug-likeness (QED) is 0.444. The van der Waals surface area contributed by atoms with Crippen LogP contribution < -0.4 is 14.4 Å². The molecule has 1 fully saturated rings. The molecular formula is C24H25Cl2N3O6. The van der Waals surface area contributed by atoms with E-state index in [1.54, 1.807) is 0 Å². The SMILES string of the molecule is Clc1cc2c(c(N3CCN(CCc4c[nH]c5cc(Cl)ccc45)CC3)c1)OCCO2.O=C(O)C(=O)O. The van der Waals surface area contributed by atoms with Gasteiger partial charge in [-0.15, -0.1) is 0 Å². The van der Waals surface area contributed by atoms with Crippen LogP contribution in [-0.2, 0) is 16.0 Å². The second-order valence-electron chi connectivity index (χ2n) is 8.14. The van der Waals surface area contributed by atoms with Crippen molar-refractivity contribution in [2.45, 2.75) is 6.42 Å². The van der Waals surface area contributed by atoms with E-state index in [0.717, 1.165) is 66.9 Å². The maximum atomic E-state index is 9.10. The van der Waals surface area contributed by atoms with E-state index < -0.39 is 11.9 Å². The Kier molecular flexibility index (Phi) is 7.90. The highest BCUT2D eigenvalue weighted by atomic mass is 35.5. The number of ether oxygens (including phenoxy) is 2. The van der Waals surface area contributed by atoms with E-state index in [1.165, 1.54) is 10.9 Å². The molecule has 3 aromatic rings. The predicted octanol–water partition coefficient (Wildman–Crippen LogP) is 3.77. The number of fused-ring (bicyclic) bond motifs is 2. The number of hydrogen-bond acceptors (Lipinski definition) is 6. The van der Waals surface area contributed by atoms with Gasteiger partial charge in [-0.3, -0.25) is 4.90 Å². The molecule has 1 aromatic heterocycles. The van der Waals surface area contributed by atoms with Gasteiger partial charge in [0.1, 0.15) is 13.2 Å². The van der Waals surface area contributed by atoms with Gasteiger partial charge in [-0.2, -0.15) is 0 Å². The topological polar surface area (TPSA) is 115 Å². The van der Waals surface area contributed by atoms with E-state index >= 15 is 0 Å². The number of nitrogens with zero attached hydrogens (tertiary/aromatic N) is 2. The van der Waals surface area contributed by atoms with Crippen LogP contribution in [0.2, 0.25) is 10.0 Å². The summed E-state index contributed by atoms with van der Waals surface area (Å²) < 4.78 is 11.6. The minimum Gasteiger partial charge on any atom is -0.486 e. The van der Waals surface area contributed by atoms with Crippen LogP contribution in [0.25, 0.3) is 10.9 Å². The molecule has 186 valence electrons. The van der Waals surface area contributed by atoms with Crippen molar-refractivity contribution in [3.05, 3.63) is 52.1 Å². The number of rotatable bonds is 4. The lowest BCUT2D eigenvalue weighted by molar-refractivity contribution is -0.159. The van der Waals surface area contributed by atoms with Gasteiger partial charge in [-0.1, -0.05) is 29.3 Å². The molecule has 2 aliphatic heterocycles. The largest absolute Gasteiger partial charge is 0.486 e. The smallest absolute Gasteiger partial charge is 0.414 e. The normalized spacial score (nSPS) is 15.4. The van der Waals surface area contributed by atoms with Gasteiger partial charge in [0.15, 0.2) is 11.5 Å². The summed E-state index contributed by atoms with van der Waals surface area (Å²) in [5.41, 5.74) is 3.49. The minimum absolute atomic E-state index is 0.570. The minimum atomic E-state index is -1.82. The molecule has 3 N–H and O–H groups in total. The van der Waals surface area contributed by atoms with Crippen molar-refractivity contribution < 1.29 is 29.3 Å². The summed E-state index contributed by atoms with van der Waals surface area (Å²) in [7, 11) is 0. The zero-order chi connectivity index (χ0) is 24.9. The first-order chi connectivity index (χ1) is 16.8. The summed E-state index contributed by atoms with van der Waals surface area (Å²) in [6.07, 6.45) is 3.12. The number of H-pyrrole nitrogens is 1. The van der Waals surface area contributed by atoms with Crippen molar-refractivity contribution >= 4 is 51.7 Å². The third kappa shape index (κ3) is 6.11. The van der Waals surface area contributed by atoms with Gasteiger partial charge in [0.25, 0.3) is 0 Å². The Bertz CT molecular complexity index is 1210. The summed E-state index contributed by atoms with van der Waals surface area (Å²) >= 11 is 12.4. The van der Waals surface area contributed by atoms with Gasteiger partial charge in [-0.25, -0.2) is 9.59 Å². The van der Waals surface area contributed by atoms with Gasteiger partial charge >= 0.3 is 11.9 Å². The molecular weight excluding hydrogens is 497 g/mol. The summed E-state index contributed by atoms with van der Waals surface area (Å²) in [5, 5.41) is 17.5. The average molecular weight is 522 g/mol. The highest BCUT2D eigenvalue weighted by Crippen LogP contribution is 2.42. The van der Waals surface area contributed by atoms with Crippen molar-refractivity contribution in [1.82, 2.24) is 9.88 Å². The number of aromatic amines is 1. The number of aromatic nitrogens is 1. The number of nitrogens with one attached hydrogen (secondary N) is 1. The third-order valence-electron chi connectivity index (χ3n) is 5.91. The summed E-state index contributed by atoms with van der Waals surface area (Å²) in [5.74, 6) is -2.07. The molecule has 2 aromatic carbocycles. The number of carbonyl (C=O) groups is 2. The van der Waals surface area contributed by atoms with Crippen LogP contribution in [-0.4, -0.2) is 78.0 Å². The fourth-order valence-electron chi connectivity index (χ4n) is 4.19. The Hall–Kier alpha value is -3.14. The first-order valence-electron chi connectivity index (χ1n) is 11.1. The monoisotopic (exact) mass is 521 g/mol. The van der Waals surface area contributed by atoms with Gasteiger partial charge < -0.3 is 29.6 Å². The average Bonchev–Trinajstić information content (AvgIpc) is 3.24. The lowest BCUT2D eigenvalue weighted by Gasteiger charge is -2.37. The fraction of sp³-hybridized carbons (Fsp3) is 0.333. The van der Waals surface area contributed by atoms with E-state index in [1.807, 2.05) is 24.3 Å². The Balaban J connectivity index is 0.000000431. The van der Waals surface area contributed by atoms with E-state index in [-0.39, 0.29) is 0 Å². The number of piperazine rings is 1. The highest BCUT2D eigenvalue weighted by molar-refractivity contribution is 6.31. The number of carboxylic acid groups (broad SMARTS) is 2. The van der Waals surface area contributed by atoms with Crippen LogP contribution in [0, 0.1) is 0 Å². The molecule has 0 aliphatic carbocycles. The third-order valence-corrected chi connectivity index (χ3v) is 6.36. The number of aliphatic carboxylic acids is 2. The molecule has 0 unspecified atom stereocenters. The van der Waals surface area contributed by atoms with Gasteiger partial charge in [0.05, 0.1) is 5.69 Å². The van der Waals surface area contributed by atoms with Gasteiger partial charge in [0.2, 0.25) is 0 Å². The second-order valence-corrected chi connectivity index (χ2v) is 9.01. The Morgan fingerprint density at radius 1 is 0.943 bits per heavy atom. The van der Waals surface area contributed by atoms with Crippen LogP contribution in [0.1, 0.15) is 5.56 Å². The standard InChI is InChI=1S/C22H23Cl2N3O2.C2H2O4/c23-16-1-2-18-15(14-25-19(18)11-16)3-4-26-5-7-27(8-6-26)20-12-17(24)13-21-22(20)29-10-9-28-21;3-1(4)2(5)6/h1-2,11-14,25H,3-10H2;(H,3,4)(H,5,6). The number of carboxylic acids is 2. The van der Waals surface area contributed by atoms with Gasteiger partial charge in [0, 0.05) is 65.9 Å². The molecule has 0 saturated carbocycles. The first kappa shape index (κ1) is 25.0. The van der Waals surface area contributed by atoms with Crippen molar-refractivity contribution in [3.8, 4) is 11.5 Å². The number of halogens is 2. The summed E-state index contributed by atoms with van der Waals surface area (Å²) in [4.78, 5) is 26.4. The predicted molar refractivity (Wildman–Crippen MR) is 133 cm³/mol. The molecule has 3 heterocycles. The molecule has 0 radical (unpaired) electrons.